The van der Waals surface area contributed by atoms with Gasteiger partial charge in [0.2, 0.25) is 0 Å². The lowest BCUT2D eigenvalue weighted by atomic mass is 10.1. The average Bonchev–Trinajstić information content (AvgIpc) is 1.64. The van der Waals surface area contributed by atoms with Gasteiger partial charge in [0.25, 0.3) is 0 Å². The maximum atomic E-state index is 5.83. The van der Waals surface area contributed by atoms with Gasteiger partial charge in [-0.2, -0.15) is 0 Å². The first kappa shape index (κ1) is 6.37. The van der Waals surface area contributed by atoms with E-state index >= 15 is 0 Å². The van der Waals surface area contributed by atoms with E-state index in [0.717, 1.165) is 19.4 Å². The lowest BCUT2D eigenvalue weighted by molar-refractivity contribution is 0.0304. The van der Waals surface area contributed by atoms with Crippen molar-refractivity contribution in [1.82, 2.24) is 0 Å². The summed E-state index contributed by atoms with van der Waals surface area (Å²) in [5.41, 5.74) is 0. The van der Waals surface area contributed by atoms with Crippen LogP contribution in [-0.4, -0.2) is 18.1 Å². The fraction of sp³-hybridized carbons (Fsp3) is 1.00. The molecule has 0 N–H and O–H groups in total. The van der Waals surface area contributed by atoms with Crippen LogP contribution in [0.2, 0.25) is 0 Å². The van der Waals surface area contributed by atoms with Gasteiger partial charge in [0.05, 0.1) is 6.10 Å². The third-order valence-electron chi connectivity index (χ3n) is 1.42. The van der Waals surface area contributed by atoms with Crippen LogP contribution in [0.4, 0.5) is 0 Å². The van der Waals surface area contributed by atoms with Crippen molar-refractivity contribution in [3.63, 3.8) is 0 Å². The third-order valence-corrected chi connectivity index (χ3v) is 1.82. The Labute approximate surface area is 55.0 Å². The minimum absolute atomic E-state index is 0.360. The Bertz CT molecular complexity index is 66.9. The zero-order valence-corrected chi connectivity index (χ0v) is 5.82. The number of alkyl halides is 1. The topological polar surface area (TPSA) is 9.23 Å². The highest BCUT2D eigenvalue weighted by molar-refractivity contribution is 6.20. The van der Waals surface area contributed by atoms with Gasteiger partial charge >= 0.3 is 0 Å². The molecular weight excluding hydrogens is 124 g/mol. The summed E-state index contributed by atoms with van der Waals surface area (Å²) in [6.07, 6.45) is 2.42. The molecule has 1 aliphatic heterocycles. The molecule has 2 atom stereocenters. The molecule has 2 heteroatoms. The Morgan fingerprint density at radius 3 is 2.75 bits per heavy atom. The fourth-order valence-electron chi connectivity index (χ4n) is 0.943. The summed E-state index contributed by atoms with van der Waals surface area (Å²) in [6.45, 7) is 2.91. The number of hydrogen-bond acceptors (Lipinski definition) is 1. The number of rotatable bonds is 0. The highest BCUT2D eigenvalue weighted by atomic mass is 35.5. The van der Waals surface area contributed by atoms with Crippen molar-refractivity contribution in [2.75, 3.05) is 6.61 Å². The lowest BCUT2D eigenvalue weighted by Gasteiger charge is -2.22. The van der Waals surface area contributed by atoms with E-state index in [2.05, 4.69) is 6.92 Å². The molecule has 0 radical (unpaired) electrons. The average molecular weight is 135 g/mol. The highest BCUT2D eigenvalue weighted by Crippen LogP contribution is 2.17. The SMILES string of the molecule is CC1CC(Cl)CCO1. The van der Waals surface area contributed by atoms with Gasteiger partial charge in [0.1, 0.15) is 0 Å². The molecule has 1 aliphatic rings. The van der Waals surface area contributed by atoms with Crippen LogP contribution in [0.5, 0.6) is 0 Å². The second-order valence-electron chi connectivity index (χ2n) is 2.30. The molecule has 0 saturated carbocycles. The van der Waals surface area contributed by atoms with Gasteiger partial charge < -0.3 is 4.74 Å². The summed E-state index contributed by atoms with van der Waals surface area (Å²) in [4.78, 5) is 0. The number of ether oxygens (including phenoxy) is 1. The Balaban J connectivity index is 2.23. The molecule has 2 unspecified atom stereocenters. The van der Waals surface area contributed by atoms with Crippen molar-refractivity contribution in [2.24, 2.45) is 0 Å². The predicted molar refractivity (Wildman–Crippen MR) is 34.3 cm³/mol. The molecule has 8 heavy (non-hydrogen) atoms. The van der Waals surface area contributed by atoms with Crippen molar-refractivity contribution < 1.29 is 4.74 Å². The van der Waals surface area contributed by atoms with Gasteiger partial charge in [-0.25, -0.2) is 0 Å². The highest BCUT2D eigenvalue weighted by Gasteiger charge is 2.15. The predicted octanol–water partition coefficient (Wildman–Crippen LogP) is 1.79. The van der Waals surface area contributed by atoms with E-state index in [-0.39, 0.29) is 0 Å². The minimum Gasteiger partial charge on any atom is -0.378 e. The first-order valence-electron chi connectivity index (χ1n) is 3.04. The second-order valence-corrected chi connectivity index (χ2v) is 2.92. The molecule has 0 aromatic carbocycles. The molecule has 1 nitrogen and oxygen atoms in total. The summed E-state index contributed by atoms with van der Waals surface area (Å²) in [5.74, 6) is 0. The molecule has 0 amide bonds. The van der Waals surface area contributed by atoms with E-state index in [1.54, 1.807) is 0 Å². The van der Waals surface area contributed by atoms with Gasteiger partial charge in [0, 0.05) is 12.0 Å². The summed E-state index contributed by atoms with van der Waals surface area (Å²) in [5, 5.41) is 0.360. The molecule has 0 aromatic rings. The zero-order chi connectivity index (χ0) is 5.98. The normalized spacial score (nSPS) is 39.8. The zero-order valence-electron chi connectivity index (χ0n) is 5.06. The Kier molecular flexibility index (Phi) is 2.15. The lowest BCUT2D eigenvalue weighted by Crippen LogP contribution is -2.22. The molecular formula is C6H11ClO. The van der Waals surface area contributed by atoms with Crippen LogP contribution >= 0.6 is 11.6 Å². The summed E-state index contributed by atoms with van der Waals surface area (Å²) < 4.78 is 5.26. The summed E-state index contributed by atoms with van der Waals surface area (Å²) >= 11 is 5.83. The maximum Gasteiger partial charge on any atom is 0.0561 e. The van der Waals surface area contributed by atoms with E-state index in [4.69, 9.17) is 16.3 Å². The molecule has 0 aromatic heterocycles. The maximum absolute atomic E-state index is 5.83. The fourth-order valence-corrected chi connectivity index (χ4v) is 1.28. The second kappa shape index (κ2) is 2.70. The van der Waals surface area contributed by atoms with E-state index in [1.807, 2.05) is 0 Å². The molecule has 1 rings (SSSR count). The standard InChI is InChI=1S/C6H11ClO/c1-5-4-6(7)2-3-8-5/h5-6H,2-4H2,1H3. The quantitative estimate of drug-likeness (QED) is 0.459. The molecule has 48 valence electrons. The van der Waals surface area contributed by atoms with Crippen molar-refractivity contribution in [3.05, 3.63) is 0 Å². The molecule has 0 spiro atoms. The largest absolute Gasteiger partial charge is 0.378 e. The molecule has 0 bridgehead atoms. The van der Waals surface area contributed by atoms with Gasteiger partial charge in [0.15, 0.2) is 0 Å². The van der Waals surface area contributed by atoms with Gasteiger partial charge in [-0.15, -0.1) is 11.6 Å². The van der Waals surface area contributed by atoms with Crippen LogP contribution in [0.1, 0.15) is 19.8 Å². The van der Waals surface area contributed by atoms with E-state index < -0.39 is 0 Å². The Morgan fingerprint density at radius 1 is 1.62 bits per heavy atom. The molecule has 1 saturated heterocycles. The molecule has 0 aliphatic carbocycles. The van der Waals surface area contributed by atoms with Gasteiger partial charge in [-0.1, -0.05) is 0 Å². The monoisotopic (exact) mass is 134 g/mol. The van der Waals surface area contributed by atoms with Crippen molar-refractivity contribution in [1.29, 1.82) is 0 Å². The van der Waals surface area contributed by atoms with Crippen LogP contribution in [0.3, 0.4) is 0 Å². The Hall–Kier alpha value is 0.250. The molecule has 1 heterocycles. The van der Waals surface area contributed by atoms with Gasteiger partial charge in [-0.3, -0.25) is 0 Å². The van der Waals surface area contributed by atoms with Crippen LogP contribution < -0.4 is 0 Å². The van der Waals surface area contributed by atoms with Gasteiger partial charge in [-0.05, 0) is 19.8 Å². The van der Waals surface area contributed by atoms with Crippen LogP contribution in [0.25, 0.3) is 0 Å². The summed E-state index contributed by atoms with van der Waals surface area (Å²) in [6, 6.07) is 0. The van der Waals surface area contributed by atoms with Crippen molar-refractivity contribution in [2.45, 2.75) is 31.2 Å². The van der Waals surface area contributed by atoms with Crippen LogP contribution in [0, 0.1) is 0 Å². The van der Waals surface area contributed by atoms with E-state index in [0.29, 0.717) is 11.5 Å². The molecule has 1 fully saturated rings. The van der Waals surface area contributed by atoms with E-state index in [1.165, 1.54) is 0 Å². The number of halogens is 1. The first-order chi connectivity index (χ1) is 3.79. The van der Waals surface area contributed by atoms with Crippen LogP contribution in [-0.2, 0) is 4.74 Å². The van der Waals surface area contributed by atoms with Crippen molar-refractivity contribution in [3.8, 4) is 0 Å². The third kappa shape index (κ3) is 1.64. The minimum atomic E-state index is 0.360. The van der Waals surface area contributed by atoms with Crippen LogP contribution in [0.15, 0.2) is 0 Å². The summed E-state index contributed by atoms with van der Waals surface area (Å²) in [7, 11) is 0. The van der Waals surface area contributed by atoms with Crippen molar-refractivity contribution >= 4 is 11.6 Å². The number of hydrogen-bond donors (Lipinski definition) is 0. The Morgan fingerprint density at radius 2 is 2.38 bits per heavy atom. The van der Waals surface area contributed by atoms with E-state index in [9.17, 15) is 0 Å². The smallest absolute Gasteiger partial charge is 0.0561 e. The first-order valence-corrected chi connectivity index (χ1v) is 3.48.